The van der Waals surface area contributed by atoms with Crippen molar-refractivity contribution in [2.45, 2.75) is 91.9 Å². The fourth-order valence-corrected chi connectivity index (χ4v) is 2.46. The Bertz CT molecular complexity index is 281. The van der Waals surface area contributed by atoms with E-state index in [9.17, 15) is 0 Å². The fraction of sp³-hybridized carbons (Fsp3) is 0.900. The van der Waals surface area contributed by atoms with E-state index >= 15 is 0 Å². The van der Waals surface area contributed by atoms with Crippen molar-refractivity contribution in [1.82, 2.24) is 0 Å². The third-order valence-corrected chi connectivity index (χ3v) is 3.71. The molecule has 0 aromatic heterocycles. The quantitative estimate of drug-likeness (QED) is 0.169. The summed E-state index contributed by atoms with van der Waals surface area (Å²) in [5, 5.41) is 0. The first-order valence-electron chi connectivity index (χ1n) is 9.99. The van der Waals surface area contributed by atoms with E-state index in [0.717, 1.165) is 31.6 Å². The molecule has 0 fully saturated rings. The molecule has 0 N–H and O–H groups in total. The normalized spacial score (nSPS) is 12.0. The first kappa shape index (κ1) is 23.1. The molecule has 4 nitrogen and oxygen atoms in total. The number of unbranched alkanes of at least 4 members (excludes halogenated alkanes) is 7. The van der Waals surface area contributed by atoms with Crippen LogP contribution in [0.2, 0.25) is 0 Å². The highest BCUT2D eigenvalue weighted by Crippen LogP contribution is 2.16. The molecule has 0 amide bonds. The van der Waals surface area contributed by atoms with Crippen LogP contribution in [0.3, 0.4) is 0 Å². The first-order valence-corrected chi connectivity index (χ1v) is 9.99. The van der Waals surface area contributed by atoms with Gasteiger partial charge in [0.05, 0.1) is 19.8 Å². The Kier molecular flexibility index (Phi) is 17.7. The van der Waals surface area contributed by atoms with Crippen molar-refractivity contribution in [2.75, 3.05) is 26.6 Å². The molecule has 0 heterocycles. The molecule has 0 aliphatic heterocycles. The van der Waals surface area contributed by atoms with Gasteiger partial charge in [-0.05, 0) is 26.7 Å². The highest BCUT2D eigenvalue weighted by atomic mass is 16.7. The Morgan fingerprint density at radius 1 is 0.625 bits per heavy atom. The number of hydrogen-bond acceptors (Lipinski definition) is 4. The maximum absolute atomic E-state index is 5.63. The molecule has 24 heavy (non-hydrogen) atoms. The Morgan fingerprint density at radius 2 is 1.25 bits per heavy atom. The van der Waals surface area contributed by atoms with Gasteiger partial charge in [-0.3, -0.25) is 0 Å². The first-order chi connectivity index (χ1) is 11.8. The molecule has 0 atom stereocenters. The van der Waals surface area contributed by atoms with E-state index in [2.05, 4.69) is 13.8 Å². The summed E-state index contributed by atoms with van der Waals surface area (Å²) < 4.78 is 22.4. The second-order valence-corrected chi connectivity index (χ2v) is 5.97. The summed E-state index contributed by atoms with van der Waals surface area (Å²) in [6.45, 7) is 10.4. The van der Waals surface area contributed by atoms with Gasteiger partial charge in [-0.1, -0.05) is 58.8 Å². The van der Waals surface area contributed by atoms with Crippen molar-refractivity contribution in [2.24, 2.45) is 0 Å². The van der Waals surface area contributed by atoms with Gasteiger partial charge in [-0.15, -0.1) is 0 Å². The Balaban J connectivity index is 3.78. The predicted molar refractivity (Wildman–Crippen MR) is 99.7 cm³/mol. The monoisotopic (exact) mass is 344 g/mol. The van der Waals surface area contributed by atoms with Crippen molar-refractivity contribution in [3.8, 4) is 0 Å². The molecule has 0 aromatic rings. The van der Waals surface area contributed by atoms with Crippen LogP contribution in [0.15, 0.2) is 11.7 Å². The van der Waals surface area contributed by atoms with Gasteiger partial charge in [-0.25, -0.2) is 0 Å². The summed E-state index contributed by atoms with van der Waals surface area (Å²) in [6, 6.07) is 0. The Morgan fingerprint density at radius 3 is 1.83 bits per heavy atom. The molecule has 0 unspecified atom stereocenters. The molecule has 0 aliphatic rings. The van der Waals surface area contributed by atoms with Crippen LogP contribution in [0.1, 0.15) is 91.9 Å². The molecular formula is C20H40O4. The Hall–Kier alpha value is -0.900. The van der Waals surface area contributed by atoms with Crippen molar-refractivity contribution in [3.05, 3.63) is 11.7 Å². The van der Waals surface area contributed by atoms with E-state index in [1.54, 1.807) is 0 Å². The number of ether oxygens (including phenoxy) is 4. The maximum atomic E-state index is 5.63. The lowest BCUT2D eigenvalue weighted by Crippen LogP contribution is -2.09. The molecule has 0 spiro atoms. The van der Waals surface area contributed by atoms with Crippen molar-refractivity contribution >= 4 is 0 Å². The second kappa shape index (κ2) is 18.4. The largest absolute Gasteiger partial charge is 0.491 e. The SMILES string of the molecule is CCCCCCCCCCOCOC(OCC)=C(CCC)OCC. The van der Waals surface area contributed by atoms with Crippen LogP contribution in [0.25, 0.3) is 0 Å². The summed E-state index contributed by atoms with van der Waals surface area (Å²) in [5.41, 5.74) is 0. The zero-order valence-corrected chi connectivity index (χ0v) is 16.5. The number of hydrogen-bond donors (Lipinski definition) is 0. The topological polar surface area (TPSA) is 36.9 Å². The van der Waals surface area contributed by atoms with Crippen molar-refractivity contribution in [1.29, 1.82) is 0 Å². The van der Waals surface area contributed by atoms with Crippen LogP contribution < -0.4 is 0 Å². The highest BCUT2D eigenvalue weighted by Gasteiger charge is 2.10. The van der Waals surface area contributed by atoms with E-state index in [1.807, 2.05) is 13.8 Å². The third-order valence-electron chi connectivity index (χ3n) is 3.71. The van der Waals surface area contributed by atoms with E-state index in [4.69, 9.17) is 18.9 Å². The van der Waals surface area contributed by atoms with E-state index in [1.165, 1.54) is 44.9 Å². The smallest absolute Gasteiger partial charge is 0.321 e. The van der Waals surface area contributed by atoms with Gasteiger partial charge in [0, 0.05) is 6.42 Å². The zero-order valence-electron chi connectivity index (χ0n) is 16.5. The van der Waals surface area contributed by atoms with Gasteiger partial charge in [-0.2, -0.15) is 0 Å². The number of rotatable bonds is 18. The molecule has 0 aromatic carbocycles. The van der Waals surface area contributed by atoms with Gasteiger partial charge in [0.1, 0.15) is 0 Å². The zero-order chi connectivity index (χ0) is 17.9. The van der Waals surface area contributed by atoms with Gasteiger partial charge >= 0.3 is 5.95 Å². The summed E-state index contributed by atoms with van der Waals surface area (Å²) in [7, 11) is 0. The molecule has 4 heteroatoms. The van der Waals surface area contributed by atoms with Crippen LogP contribution >= 0.6 is 0 Å². The van der Waals surface area contributed by atoms with E-state index in [0.29, 0.717) is 19.2 Å². The van der Waals surface area contributed by atoms with Crippen molar-refractivity contribution < 1.29 is 18.9 Å². The molecule has 0 radical (unpaired) electrons. The maximum Gasteiger partial charge on any atom is 0.321 e. The van der Waals surface area contributed by atoms with Gasteiger partial charge in [0.25, 0.3) is 0 Å². The molecular weight excluding hydrogens is 304 g/mol. The van der Waals surface area contributed by atoms with Gasteiger partial charge < -0.3 is 18.9 Å². The summed E-state index contributed by atoms with van der Waals surface area (Å²) in [4.78, 5) is 0. The van der Waals surface area contributed by atoms with Crippen LogP contribution in [0.5, 0.6) is 0 Å². The molecule has 0 bridgehead atoms. The Labute approximate surface area is 149 Å². The molecule has 0 saturated carbocycles. The summed E-state index contributed by atoms with van der Waals surface area (Å²) in [6.07, 6.45) is 12.2. The van der Waals surface area contributed by atoms with Crippen LogP contribution in [-0.4, -0.2) is 26.6 Å². The van der Waals surface area contributed by atoms with Crippen LogP contribution in [0, 0.1) is 0 Å². The van der Waals surface area contributed by atoms with E-state index in [-0.39, 0.29) is 6.79 Å². The fourth-order valence-electron chi connectivity index (χ4n) is 2.46. The molecule has 144 valence electrons. The lowest BCUT2D eigenvalue weighted by molar-refractivity contribution is -0.0822. The average molecular weight is 345 g/mol. The minimum atomic E-state index is 0.228. The lowest BCUT2D eigenvalue weighted by Gasteiger charge is -2.16. The minimum Gasteiger partial charge on any atom is -0.491 e. The summed E-state index contributed by atoms with van der Waals surface area (Å²) in [5.74, 6) is 1.27. The second-order valence-electron chi connectivity index (χ2n) is 5.97. The highest BCUT2D eigenvalue weighted by molar-refractivity contribution is 4.94. The van der Waals surface area contributed by atoms with Crippen LogP contribution in [-0.2, 0) is 18.9 Å². The van der Waals surface area contributed by atoms with Crippen LogP contribution in [0.4, 0.5) is 0 Å². The van der Waals surface area contributed by atoms with Gasteiger partial charge in [0.2, 0.25) is 0 Å². The average Bonchev–Trinajstić information content (AvgIpc) is 2.58. The molecule has 0 saturated heterocycles. The lowest BCUT2D eigenvalue weighted by atomic mass is 10.1. The molecule has 0 aliphatic carbocycles. The molecule has 0 rings (SSSR count). The predicted octanol–water partition coefficient (Wildman–Crippen LogP) is 6.16. The standard InChI is InChI=1S/C20H40O4/c1-5-9-10-11-12-13-14-15-17-21-18-24-20(23-8-4)19(16-6-2)22-7-3/h5-18H2,1-4H3. The van der Waals surface area contributed by atoms with E-state index < -0.39 is 0 Å². The van der Waals surface area contributed by atoms with Gasteiger partial charge in [0.15, 0.2) is 12.6 Å². The minimum absolute atomic E-state index is 0.228. The summed E-state index contributed by atoms with van der Waals surface area (Å²) >= 11 is 0. The number of allylic oxidation sites excluding steroid dienone is 1. The van der Waals surface area contributed by atoms with Crippen molar-refractivity contribution in [3.63, 3.8) is 0 Å². The third kappa shape index (κ3) is 13.5.